The van der Waals surface area contributed by atoms with E-state index in [0.29, 0.717) is 22.0 Å². The number of benzene rings is 1. The molecule has 1 aromatic heterocycles. The van der Waals surface area contributed by atoms with E-state index in [1.807, 2.05) is 0 Å². The Kier molecular flexibility index (Phi) is 7.20. The number of hydrogen-bond donors (Lipinski definition) is 1. The van der Waals surface area contributed by atoms with Gasteiger partial charge >= 0.3 is 5.97 Å². The van der Waals surface area contributed by atoms with Gasteiger partial charge in [-0.05, 0) is 36.2 Å². The van der Waals surface area contributed by atoms with E-state index in [9.17, 15) is 18.4 Å². The van der Waals surface area contributed by atoms with Gasteiger partial charge in [-0.25, -0.2) is 8.78 Å². The van der Waals surface area contributed by atoms with Gasteiger partial charge in [0.25, 0.3) is 5.91 Å². The normalized spacial score (nSPS) is 10.5. The zero-order valence-electron chi connectivity index (χ0n) is 14.0. The molecule has 2 rings (SSSR count). The number of rotatable bonds is 7. The van der Waals surface area contributed by atoms with Crippen molar-refractivity contribution in [1.82, 2.24) is 10.3 Å². The van der Waals surface area contributed by atoms with Crippen LogP contribution in [0.15, 0.2) is 30.5 Å². The van der Waals surface area contributed by atoms with Gasteiger partial charge in [0.05, 0.1) is 13.0 Å². The Morgan fingerprint density at radius 2 is 1.96 bits per heavy atom. The van der Waals surface area contributed by atoms with Crippen LogP contribution in [0.2, 0.25) is 0 Å². The first-order chi connectivity index (χ1) is 12.5. The summed E-state index contributed by atoms with van der Waals surface area (Å²) in [7, 11) is 0. The average Bonchev–Trinajstić information content (AvgIpc) is 2.64. The summed E-state index contributed by atoms with van der Waals surface area (Å²) < 4.78 is 31.7. The summed E-state index contributed by atoms with van der Waals surface area (Å²) in [6.07, 6.45) is 1.49. The Bertz CT molecular complexity index is 798. The Labute approximate surface area is 157 Å². The Hall–Kier alpha value is -2.35. The van der Waals surface area contributed by atoms with Gasteiger partial charge in [0, 0.05) is 23.6 Å². The molecule has 0 aliphatic carbocycles. The van der Waals surface area contributed by atoms with Crippen molar-refractivity contribution in [2.75, 3.05) is 13.2 Å². The Balaban J connectivity index is 2.07. The maximum absolute atomic E-state index is 13.5. The first-order valence-electron chi connectivity index (χ1n) is 7.90. The second-order valence-electron chi connectivity index (χ2n) is 5.30. The number of amides is 1. The fourth-order valence-corrected chi connectivity index (χ4v) is 2.72. The van der Waals surface area contributed by atoms with E-state index < -0.39 is 23.5 Å². The fraction of sp³-hybridized carbons (Fsp3) is 0.278. The molecule has 0 radical (unpaired) electrons. The molecule has 0 saturated carbocycles. The number of pyridine rings is 1. The van der Waals surface area contributed by atoms with Crippen molar-refractivity contribution in [2.24, 2.45) is 0 Å². The minimum absolute atomic E-state index is 0.0706. The highest BCUT2D eigenvalue weighted by atomic mass is 79.9. The summed E-state index contributed by atoms with van der Waals surface area (Å²) >= 11 is 3.24. The highest BCUT2D eigenvalue weighted by Gasteiger charge is 2.13. The van der Waals surface area contributed by atoms with Gasteiger partial charge in [-0.2, -0.15) is 0 Å². The summed E-state index contributed by atoms with van der Waals surface area (Å²) in [6, 6.07) is 5.30. The van der Waals surface area contributed by atoms with Crippen LogP contribution in [0.5, 0.6) is 0 Å². The lowest BCUT2D eigenvalue weighted by Gasteiger charge is -2.09. The van der Waals surface area contributed by atoms with E-state index in [1.54, 1.807) is 13.0 Å². The molecule has 1 aromatic carbocycles. The number of esters is 1. The lowest BCUT2D eigenvalue weighted by Crippen LogP contribution is -2.27. The Morgan fingerprint density at radius 3 is 2.58 bits per heavy atom. The molecule has 0 fully saturated rings. The lowest BCUT2D eigenvalue weighted by molar-refractivity contribution is -0.142. The topological polar surface area (TPSA) is 68.3 Å². The maximum Gasteiger partial charge on any atom is 0.307 e. The standard InChI is InChI=1S/C18H17BrF2N2O3/c1-2-26-17(24)5-6-22-18(25)16-4-3-11(10-23-16)13-8-15(21)14(20)7-12(13)9-19/h3-4,7-8,10H,2,5-6,9H2,1H3,(H,22,25). The van der Waals surface area contributed by atoms with Crippen LogP contribution in [-0.4, -0.2) is 30.0 Å². The van der Waals surface area contributed by atoms with Crippen LogP contribution in [0.4, 0.5) is 8.78 Å². The van der Waals surface area contributed by atoms with E-state index in [4.69, 9.17) is 4.74 Å². The third-order valence-corrected chi connectivity index (χ3v) is 4.12. The number of hydrogen-bond acceptors (Lipinski definition) is 4. The van der Waals surface area contributed by atoms with E-state index in [-0.39, 0.29) is 25.3 Å². The lowest BCUT2D eigenvalue weighted by atomic mass is 10.0. The van der Waals surface area contributed by atoms with Gasteiger partial charge in [0.1, 0.15) is 5.69 Å². The van der Waals surface area contributed by atoms with Gasteiger partial charge in [-0.15, -0.1) is 0 Å². The predicted octanol–water partition coefficient (Wildman–Crippen LogP) is 3.60. The van der Waals surface area contributed by atoms with Gasteiger partial charge in [-0.1, -0.05) is 22.0 Å². The molecule has 5 nitrogen and oxygen atoms in total. The third-order valence-electron chi connectivity index (χ3n) is 3.52. The molecule has 1 N–H and O–H groups in total. The zero-order valence-corrected chi connectivity index (χ0v) is 15.6. The summed E-state index contributed by atoms with van der Waals surface area (Å²) in [5.74, 6) is -2.71. The number of ether oxygens (including phenoxy) is 1. The van der Waals surface area contributed by atoms with Crippen LogP contribution in [0.3, 0.4) is 0 Å². The molecule has 0 saturated heterocycles. The van der Waals surface area contributed by atoms with Crippen molar-refractivity contribution >= 4 is 27.8 Å². The third kappa shape index (κ3) is 5.08. The van der Waals surface area contributed by atoms with Gasteiger partial charge in [0.15, 0.2) is 11.6 Å². The summed E-state index contributed by atoms with van der Waals surface area (Å²) in [4.78, 5) is 27.3. The predicted molar refractivity (Wildman–Crippen MR) is 95.8 cm³/mol. The Morgan fingerprint density at radius 1 is 1.23 bits per heavy atom. The molecule has 2 aromatic rings. The SMILES string of the molecule is CCOC(=O)CCNC(=O)c1ccc(-c2cc(F)c(F)cc2CBr)cn1. The number of nitrogens with one attached hydrogen (secondary N) is 1. The molecule has 8 heteroatoms. The van der Waals surface area contributed by atoms with Crippen LogP contribution in [-0.2, 0) is 14.9 Å². The molecule has 0 aliphatic heterocycles. The van der Waals surface area contributed by atoms with Crippen molar-refractivity contribution in [2.45, 2.75) is 18.7 Å². The van der Waals surface area contributed by atoms with Crippen molar-refractivity contribution in [3.05, 3.63) is 53.4 Å². The second kappa shape index (κ2) is 9.38. The minimum atomic E-state index is -0.953. The zero-order chi connectivity index (χ0) is 19.1. The average molecular weight is 427 g/mol. The summed E-state index contributed by atoms with van der Waals surface area (Å²) in [6.45, 7) is 2.13. The van der Waals surface area contributed by atoms with Crippen molar-refractivity contribution in [1.29, 1.82) is 0 Å². The minimum Gasteiger partial charge on any atom is -0.466 e. The van der Waals surface area contributed by atoms with E-state index in [0.717, 1.165) is 12.1 Å². The molecule has 0 atom stereocenters. The molecule has 1 heterocycles. The van der Waals surface area contributed by atoms with Gasteiger partial charge in [-0.3, -0.25) is 14.6 Å². The fourth-order valence-electron chi connectivity index (χ4n) is 2.26. The number of carbonyl (C=O) groups excluding carboxylic acids is 2. The van der Waals surface area contributed by atoms with Crippen molar-refractivity contribution in [3.8, 4) is 11.1 Å². The van der Waals surface area contributed by atoms with Crippen molar-refractivity contribution < 1.29 is 23.1 Å². The number of nitrogens with zero attached hydrogens (tertiary/aromatic N) is 1. The second-order valence-corrected chi connectivity index (χ2v) is 5.86. The van der Waals surface area contributed by atoms with Crippen LogP contribution < -0.4 is 5.32 Å². The largest absolute Gasteiger partial charge is 0.466 e. The number of aromatic nitrogens is 1. The molecule has 0 unspecified atom stereocenters. The molecule has 0 aliphatic rings. The first-order valence-corrected chi connectivity index (χ1v) is 9.02. The van der Waals surface area contributed by atoms with Crippen LogP contribution >= 0.6 is 15.9 Å². The quantitative estimate of drug-likeness (QED) is 0.542. The summed E-state index contributed by atoms with van der Waals surface area (Å²) in [5.41, 5.74) is 1.77. The van der Waals surface area contributed by atoms with Crippen molar-refractivity contribution in [3.63, 3.8) is 0 Å². The monoisotopic (exact) mass is 426 g/mol. The van der Waals surface area contributed by atoms with E-state index in [1.165, 1.54) is 12.3 Å². The smallest absolute Gasteiger partial charge is 0.307 e. The molecule has 26 heavy (non-hydrogen) atoms. The molecular weight excluding hydrogens is 410 g/mol. The van der Waals surface area contributed by atoms with E-state index >= 15 is 0 Å². The van der Waals surface area contributed by atoms with Gasteiger partial charge in [0.2, 0.25) is 0 Å². The number of halogens is 3. The highest BCUT2D eigenvalue weighted by molar-refractivity contribution is 9.08. The number of carbonyl (C=O) groups is 2. The van der Waals surface area contributed by atoms with Crippen LogP contribution in [0.1, 0.15) is 29.4 Å². The molecular formula is C18H17BrF2N2O3. The molecule has 0 spiro atoms. The first kappa shape index (κ1) is 20.0. The van der Waals surface area contributed by atoms with Gasteiger partial charge < -0.3 is 10.1 Å². The molecule has 138 valence electrons. The molecule has 1 amide bonds. The van der Waals surface area contributed by atoms with E-state index in [2.05, 4.69) is 26.2 Å². The molecule has 0 bridgehead atoms. The van der Waals surface area contributed by atoms with Crippen LogP contribution in [0.25, 0.3) is 11.1 Å². The maximum atomic E-state index is 13.5. The summed E-state index contributed by atoms with van der Waals surface area (Å²) in [5, 5.41) is 2.91. The number of alkyl halides is 1. The highest BCUT2D eigenvalue weighted by Crippen LogP contribution is 2.27. The van der Waals surface area contributed by atoms with Crippen LogP contribution in [0, 0.1) is 11.6 Å².